The van der Waals surface area contributed by atoms with E-state index in [0.717, 1.165) is 24.3 Å². The van der Waals surface area contributed by atoms with Crippen molar-refractivity contribution < 1.29 is 0 Å². The lowest BCUT2D eigenvalue weighted by Crippen LogP contribution is -1.93. The topological polar surface area (TPSA) is 0 Å². The van der Waals surface area contributed by atoms with Crippen LogP contribution in [-0.2, 0) is 12.8 Å². The quantitative estimate of drug-likeness (QED) is 0.680. The first-order valence-corrected chi connectivity index (χ1v) is 5.22. The minimum atomic E-state index is 0.844. The van der Waals surface area contributed by atoms with Gasteiger partial charge in [0.25, 0.3) is 0 Å². The van der Waals surface area contributed by atoms with Crippen LogP contribution in [0.4, 0.5) is 0 Å². The third-order valence-corrected chi connectivity index (χ3v) is 2.37. The number of benzene rings is 1. The second kappa shape index (κ2) is 5.29. The first-order valence-electron chi connectivity index (χ1n) is 4.84. The lowest BCUT2D eigenvalue weighted by atomic mass is 10.00. The van der Waals surface area contributed by atoms with E-state index in [2.05, 4.69) is 26.0 Å². The van der Waals surface area contributed by atoms with Gasteiger partial charge in [-0.2, -0.15) is 0 Å². The highest BCUT2D eigenvalue weighted by Gasteiger charge is 2.01. The fourth-order valence-corrected chi connectivity index (χ4v) is 1.73. The summed E-state index contributed by atoms with van der Waals surface area (Å²) in [6.07, 6.45) is 4.31. The van der Waals surface area contributed by atoms with Gasteiger partial charge in [0.15, 0.2) is 0 Å². The molecule has 1 aromatic rings. The summed E-state index contributed by atoms with van der Waals surface area (Å²) >= 11 is 5.94. The van der Waals surface area contributed by atoms with Crippen molar-refractivity contribution in [1.82, 2.24) is 0 Å². The second-order valence-electron chi connectivity index (χ2n) is 3.27. The van der Waals surface area contributed by atoms with Crippen LogP contribution in [0.1, 0.15) is 30.9 Å². The highest BCUT2D eigenvalue weighted by molar-refractivity contribution is 6.30. The Bertz CT molecular complexity index is 266. The van der Waals surface area contributed by atoms with Crippen molar-refractivity contribution in [3.63, 3.8) is 0 Å². The molecule has 0 bridgehead atoms. The summed E-state index contributed by atoms with van der Waals surface area (Å²) in [6.45, 7) is 6.06. The van der Waals surface area contributed by atoms with E-state index >= 15 is 0 Å². The molecule has 0 spiro atoms. The smallest absolute Gasteiger partial charge is 0.0408 e. The predicted octanol–water partition coefficient (Wildman–Crippen LogP) is 4.06. The summed E-state index contributed by atoms with van der Waals surface area (Å²) in [4.78, 5) is 0. The predicted molar refractivity (Wildman–Crippen MR) is 59.1 cm³/mol. The fraction of sp³-hybridized carbons (Fsp3) is 0.417. The fourth-order valence-electron chi connectivity index (χ4n) is 1.53. The molecule has 0 unspecified atom stereocenters. The number of hydrogen-bond donors (Lipinski definition) is 0. The molecule has 0 nitrogen and oxygen atoms in total. The Balaban J connectivity index is 2.89. The molecule has 1 heteroatoms. The summed E-state index contributed by atoms with van der Waals surface area (Å²) in [7, 11) is 0. The van der Waals surface area contributed by atoms with Gasteiger partial charge in [0.2, 0.25) is 0 Å². The largest absolute Gasteiger partial charge is 0.0843 e. The number of halogens is 1. The molecule has 0 aliphatic rings. The van der Waals surface area contributed by atoms with Crippen LogP contribution in [0.2, 0.25) is 5.02 Å². The van der Waals surface area contributed by atoms with Crippen LogP contribution in [0.25, 0.3) is 0 Å². The monoisotopic (exact) mass is 195 g/mol. The lowest BCUT2D eigenvalue weighted by molar-refractivity contribution is 0.883. The van der Waals surface area contributed by atoms with Gasteiger partial charge in [-0.25, -0.2) is 0 Å². The van der Waals surface area contributed by atoms with Gasteiger partial charge >= 0.3 is 0 Å². The Labute approximate surface area is 85.9 Å². The van der Waals surface area contributed by atoms with E-state index < -0.39 is 0 Å². The average molecular weight is 196 g/mol. The molecular weight excluding hydrogens is 180 g/mol. The van der Waals surface area contributed by atoms with Crippen LogP contribution in [-0.4, -0.2) is 0 Å². The van der Waals surface area contributed by atoms with E-state index in [0.29, 0.717) is 0 Å². The molecule has 0 aromatic heterocycles. The van der Waals surface area contributed by atoms with Crippen molar-refractivity contribution in [3.05, 3.63) is 41.3 Å². The highest BCUT2D eigenvalue weighted by atomic mass is 35.5. The normalized spacial score (nSPS) is 10.4. The Morgan fingerprint density at radius 3 is 2.62 bits per heavy atom. The summed E-state index contributed by atoms with van der Waals surface area (Å²) in [5, 5.41) is 0.844. The molecule has 0 fully saturated rings. The van der Waals surface area contributed by atoms with Crippen molar-refractivity contribution in [2.75, 3.05) is 0 Å². The van der Waals surface area contributed by atoms with Gasteiger partial charge in [0, 0.05) is 5.02 Å². The molecule has 0 aliphatic carbocycles. The molecule has 0 aliphatic heterocycles. The minimum absolute atomic E-state index is 0.844. The van der Waals surface area contributed by atoms with Gasteiger partial charge in [-0.15, -0.1) is 0 Å². The van der Waals surface area contributed by atoms with E-state index in [1.807, 2.05) is 6.07 Å². The van der Waals surface area contributed by atoms with Gasteiger partial charge in [0.05, 0.1) is 0 Å². The standard InChI is InChI=1S/C12H16Cl/c1-3-5-10-7-8-12(13)9-11(10)6-4-2/h7-9H,1,3-6H2,2H3. The maximum absolute atomic E-state index is 5.94. The molecule has 0 atom stereocenters. The summed E-state index contributed by atoms with van der Waals surface area (Å²) in [5.41, 5.74) is 2.79. The third kappa shape index (κ3) is 3.04. The van der Waals surface area contributed by atoms with Crippen LogP contribution >= 0.6 is 11.6 Å². The van der Waals surface area contributed by atoms with Crippen molar-refractivity contribution in [3.8, 4) is 0 Å². The summed E-state index contributed by atoms with van der Waals surface area (Å²) in [5.74, 6) is 0. The zero-order chi connectivity index (χ0) is 9.68. The third-order valence-electron chi connectivity index (χ3n) is 2.13. The summed E-state index contributed by atoms with van der Waals surface area (Å²) in [6, 6.07) is 6.17. The van der Waals surface area contributed by atoms with Crippen LogP contribution in [0, 0.1) is 6.92 Å². The van der Waals surface area contributed by atoms with Crippen LogP contribution in [0.5, 0.6) is 0 Å². The molecular formula is C12H16Cl. The molecule has 0 saturated heterocycles. The van der Waals surface area contributed by atoms with Crippen LogP contribution < -0.4 is 0 Å². The van der Waals surface area contributed by atoms with Crippen molar-refractivity contribution in [2.45, 2.75) is 32.6 Å². The summed E-state index contributed by atoms with van der Waals surface area (Å²) < 4.78 is 0. The van der Waals surface area contributed by atoms with E-state index in [4.69, 9.17) is 11.6 Å². The van der Waals surface area contributed by atoms with Crippen molar-refractivity contribution in [1.29, 1.82) is 0 Å². The van der Waals surface area contributed by atoms with Gasteiger partial charge in [-0.1, -0.05) is 37.9 Å². The lowest BCUT2D eigenvalue weighted by Gasteiger charge is -2.07. The zero-order valence-corrected chi connectivity index (χ0v) is 8.90. The minimum Gasteiger partial charge on any atom is -0.0843 e. The molecule has 0 amide bonds. The zero-order valence-electron chi connectivity index (χ0n) is 8.15. The number of rotatable bonds is 4. The molecule has 1 rings (SSSR count). The van der Waals surface area contributed by atoms with Gasteiger partial charge < -0.3 is 0 Å². The first kappa shape index (κ1) is 10.6. The number of aryl methyl sites for hydroxylation is 2. The molecule has 71 valence electrons. The van der Waals surface area contributed by atoms with E-state index in [9.17, 15) is 0 Å². The van der Waals surface area contributed by atoms with Crippen molar-refractivity contribution >= 4 is 11.6 Å². The molecule has 13 heavy (non-hydrogen) atoms. The maximum atomic E-state index is 5.94. The Hall–Kier alpha value is -0.490. The maximum Gasteiger partial charge on any atom is 0.0408 e. The molecule has 0 heterocycles. The van der Waals surface area contributed by atoms with Gasteiger partial charge in [0.1, 0.15) is 0 Å². The average Bonchev–Trinajstić information content (AvgIpc) is 2.10. The first-order chi connectivity index (χ1) is 6.27. The van der Waals surface area contributed by atoms with Gasteiger partial charge in [-0.05, 0) is 42.5 Å². The second-order valence-corrected chi connectivity index (χ2v) is 3.70. The van der Waals surface area contributed by atoms with Crippen LogP contribution in [0.15, 0.2) is 18.2 Å². The highest BCUT2D eigenvalue weighted by Crippen LogP contribution is 2.18. The molecule has 1 radical (unpaired) electrons. The van der Waals surface area contributed by atoms with E-state index in [1.54, 1.807) is 0 Å². The van der Waals surface area contributed by atoms with Crippen molar-refractivity contribution in [2.24, 2.45) is 0 Å². The van der Waals surface area contributed by atoms with Gasteiger partial charge in [-0.3, -0.25) is 0 Å². The Morgan fingerprint density at radius 2 is 2.00 bits per heavy atom. The molecule has 0 saturated carbocycles. The number of hydrogen-bond acceptors (Lipinski definition) is 0. The Morgan fingerprint density at radius 1 is 1.23 bits per heavy atom. The van der Waals surface area contributed by atoms with E-state index in [1.165, 1.54) is 17.5 Å². The SMILES string of the molecule is [CH2]CCc1ccc(Cl)cc1CCC. The van der Waals surface area contributed by atoms with E-state index in [-0.39, 0.29) is 0 Å². The molecule has 1 aromatic carbocycles. The molecule has 0 N–H and O–H groups in total. The Kier molecular flexibility index (Phi) is 4.31. The van der Waals surface area contributed by atoms with Crippen LogP contribution in [0.3, 0.4) is 0 Å².